The minimum Gasteiger partial charge on any atom is -0.238 e. The number of alkyl halides is 2. The van der Waals surface area contributed by atoms with Crippen LogP contribution >= 0.6 is 11.6 Å². The molecule has 0 bridgehead atoms. The summed E-state index contributed by atoms with van der Waals surface area (Å²) >= 11 is 5.88. The van der Waals surface area contributed by atoms with Crippen LogP contribution in [0.2, 0.25) is 5.02 Å². The lowest BCUT2D eigenvalue weighted by Gasteiger charge is -2.14. The van der Waals surface area contributed by atoms with Gasteiger partial charge in [0.2, 0.25) is 10.0 Å². The number of para-hydroxylation sites is 1. The number of rotatable bonds is 4. The van der Waals surface area contributed by atoms with Crippen molar-refractivity contribution in [3.8, 4) is 16.8 Å². The van der Waals surface area contributed by atoms with Crippen LogP contribution in [-0.2, 0) is 10.0 Å². The quantitative estimate of drug-likeness (QED) is 0.744. The van der Waals surface area contributed by atoms with Crippen LogP contribution in [-0.4, -0.2) is 18.2 Å². The summed E-state index contributed by atoms with van der Waals surface area (Å²) in [5.74, 6) is 0. The lowest BCUT2D eigenvalue weighted by molar-refractivity contribution is 0.145. The molecule has 3 aromatic rings. The maximum atomic E-state index is 12.9. The predicted octanol–water partition coefficient (Wildman–Crippen LogP) is 3.78. The standard InChI is InChI=1S/C16H12ClF2N3O2S/c17-11-6-4-10(5-7-11)12-2-1-3-14(25(20,23)24)15(12)22-9-8-13(21-22)16(18)19/h1-9,16H,(H2,20,23,24). The van der Waals surface area contributed by atoms with Crippen LogP contribution < -0.4 is 5.14 Å². The van der Waals surface area contributed by atoms with Gasteiger partial charge in [0.25, 0.3) is 6.43 Å². The van der Waals surface area contributed by atoms with Crippen molar-refractivity contribution in [2.24, 2.45) is 5.14 Å². The fraction of sp³-hybridized carbons (Fsp3) is 0.0625. The number of benzene rings is 2. The van der Waals surface area contributed by atoms with E-state index in [1.165, 1.54) is 18.3 Å². The number of nitrogens with zero attached hydrogens (tertiary/aromatic N) is 2. The first-order chi connectivity index (χ1) is 11.8. The summed E-state index contributed by atoms with van der Waals surface area (Å²) in [6.07, 6.45) is -1.51. The molecule has 0 aliphatic carbocycles. The summed E-state index contributed by atoms with van der Waals surface area (Å²) in [5, 5.41) is 9.58. The van der Waals surface area contributed by atoms with Crippen LogP contribution in [0.15, 0.2) is 59.6 Å². The van der Waals surface area contributed by atoms with Crippen LogP contribution in [0.3, 0.4) is 0 Å². The average molecular weight is 384 g/mol. The first-order valence-electron chi connectivity index (χ1n) is 7.03. The molecule has 0 atom stereocenters. The topological polar surface area (TPSA) is 78.0 Å². The molecule has 5 nitrogen and oxygen atoms in total. The Morgan fingerprint density at radius 2 is 1.76 bits per heavy atom. The first-order valence-corrected chi connectivity index (χ1v) is 8.95. The Hall–Kier alpha value is -2.29. The smallest absolute Gasteiger partial charge is 0.238 e. The molecule has 0 saturated heterocycles. The van der Waals surface area contributed by atoms with Gasteiger partial charge in [0.15, 0.2) is 0 Å². The van der Waals surface area contributed by atoms with Gasteiger partial charge >= 0.3 is 0 Å². The van der Waals surface area contributed by atoms with Crippen molar-refractivity contribution in [1.29, 1.82) is 0 Å². The Balaban J connectivity index is 2.30. The Kier molecular flexibility index (Phi) is 4.59. The molecule has 1 aromatic heterocycles. The lowest BCUT2D eigenvalue weighted by Crippen LogP contribution is -2.16. The van der Waals surface area contributed by atoms with Gasteiger partial charge in [-0.2, -0.15) is 5.10 Å². The lowest BCUT2D eigenvalue weighted by atomic mass is 10.0. The van der Waals surface area contributed by atoms with Gasteiger partial charge < -0.3 is 0 Å². The van der Waals surface area contributed by atoms with E-state index in [1.807, 2.05) is 0 Å². The molecule has 130 valence electrons. The molecule has 0 saturated carbocycles. The highest BCUT2D eigenvalue weighted by atomic mass is 35.5. The molecule has 2 N–H and O–H groups in total. The van der Waals surface area contributed by atoms with Crippen LogP contribution in [0.5, 0.6) is 0 Å². The fourth-order valence-electron chi connectivity index (χ4n) is 2.43. The molecular weight excluding hydrogens is 372 g/mol. The van der Waals surface area contributed by atoms with Crippen molar-refractivity contribution in [2.45, 2.75) is 11.3 Å². The van der Waals surface area contributed by atoms with E-state index in [0.29, 0.717) is 16.1 Å². The van der Waals surface area contributed by atoms with Crippen LogP contribution in [0, 0.1) is 0 Å². The summed E-state index contributed by atoms with van der Waals surface area (Å²) in [7, 11) is -4.11. The monoisotopic (exact) mass is 383 g/mol. The van der Waals surface area contributed by atoms with Crippen molar-refractivity contribution in [1.82, 2.24) is 9.78 Å². The molecule has 1 heterocycles. The number of halogens is 3. The SMILES string of the molecule is NS(=O)(=O)c1cccc(-c2ccc(Cl)cc2)c1-n1ccc(C(F)F)n1. The number of aromatic nitrogens is 2. The summed E-state index contributed by atoms with van der Waals surface area (Å²) in [4.78, 5) is -0.219. The van der Waals surface area contributed by atoms with E-state index in [2.05, 4.69) is 5.10 Å². The van der Waals surface area contributed by atoms with Crippen LogP contribution in [0.25, 0.3) is 16.8 Å². The van der Waals surface area contributed by atoms with Gasteiger partial charge in [-0.3, -0.25) is 0 Å². The van der Waals surface area contributed by atoms with Crippen LogP contribution in [0.1, 0.15) is 12.1 Å². The van der Waals surface area contributed by atoms with Crippen molar-refractivity contribution < 1.29 is 17.2 Å². The average Bonchev–Trinajstić information content (AvgIpc) is 3.04. The van der Waals surface area contributed by atoms with Crippen molar-refractivity contribution in [3.05, 3.63) is 65.4 Å². The number of sulfonamides is 1. The second kappa shape index (κ2) is 6.55. The second-order valence-electron chi connectivity index (χ2n) is 5.19. The van der Waals surface area contributed by atoms with Crippen molar-refractivity contribution >= 4 is 21.6 Å². The molecule has 3 rings (SSSR count). The van der Waals surface area contributed by atoms with E-state index < -0.39 is 22.1 Å². The zero-order valence-electron chi connectivity index (χ0n) is 12.6. The van der Waals surface area contributed by atoms with E-state index in [-0.39, 0.29) is 10.6 Å². The fourth-order valence-corrected chi connectivity index (χ4v) is 3.30. The van der Waals surface area contributed by atoms with Crippen molar-refractivity contribution in [3.63, 3.8) is 0 Å². The molecule has 0 radical (unpaired) electrons. The summed E-state index contributed by atoms with van der Waals surface area (Å²) in [5.41, 5.74) is 0.733. The highest BCUT2D eigenvalue weighted by Crippen LogP contribution is 2.32. The predicted molar refractivity (Wildman–Crippen MR) is 90.3 cm³/mol. The number of hydrogen-bond acceptors (Lipinski definition) is 3. The maximum absolute atomic E-state index is 12.9. The van der Waals surface area contributed by atoms with Crippen LogP contribution in [0.4, 0.5) is 8.78 Å². The zero-order valence-corrected chi connectivity index (χ0v) is 14.2. The third-order valence-electron chi connectivity index (χ3n) is 3.52. The maximum Gasteiger partial charge on any atom is 0.282 e. The largest absolute Gasteiger partial charge is 0.282 e. The van der Waals surface area contributed by atoms with Gasteiger partial charge in [-0.05, 0) is 29.8 Å². The Labute approximate surface area is 147 Å². The first kappa shape index (κ1) is 17.5. The van der Waals surface area contributed by atoms with Gasteiger partial charge in [0.05, 0.1) is 5.69 Å². The highest BCUT2D eigenvalue weighted by Gasteiger charge is 2.21. The number of nitrogens with two attached hydrogens (primary N) is 1. The second-order valence-corrected chi connectivity index (χ2v) is 7.16. The zero-order chi connectivity index (χ0) is 18.2. The van der Waals surface area contributed by atoms with Crippen molar-refractivity contribution in [2.75, 3.05) is 0 Å². The molecule has 0 amide bonds. The third-order valence-corrected chi connectivity index (χ3v) is 4.72. The Bertz CT molecular complexity index is 1020. The van der Waals surface area contributed by atoms with E-state index in [1.54, 1.807) is 30.3 Å². The molecule has 25 heavy (non-hydrogen) atoms. The number of primary sulfonamides is 1. The molecule has 0 unspecified atom stereocenters. The Morgan fingerprint density at radius 1 is 1.08 bits per heavy atom. The molecule has 9 heteroatoms. The van der Waals surface area contributed by atoms with E-state index in [0.717, 1.165) is 10.7 Å². The summed E-state index contributed by atoms with van der Waals surface area (Å²) < 4.78 is 50.8. The molecule has 2 aromatic carbocycles. The van der Waals surface area contributed by atoms with Gasteiger partial charge in [-0.25, -0.2) is 27.0 Å². The normalized spacial score (nSPS) is 11.9. The van der Waals surface area contributed by atoms with E-state index >= 15 is 0 Å². The van der Waals surface area contributed by atoms with Gasteiger partial charge in [-0.1, -0.05) is 35.9 Å². The minimum atomic E-state index is -4.11. The molecule has 0 aliphatic rings. The van der Waals surface area contributed by atoms with E-state index in [9.17, 15) is 17.2 Å². The Morgan fingerprint density at radius 3 is 2.32 bits per heavy atom. The summed E-state index contributed by atoms with van der Waals surface area (Å²) in [6, 6.07) is 12.2. The molecular formula is C16H12ClF2N3O2S. The van der Waals surface area contributed by atoms with Gasteiger partial charge in [-0.15, -0.1) is 0 Å². The third kappa shape index (κ3) is 3.55. The molecule has 0 spiro atoms. The molecule has 0 fully saturated rings. The van der Waals surface area contributed by atoms with Gasteiger partial charge in [0.1, 0.15) is 10.6 Å². The minimum absolute atomic E-state index is 0.0965. The van der Waals surface area contributed by atoms with E-state index in [4.69, 9.17) is 16.7 Å². The summed E-state index contributed by atoms with van der Waals surface area (Å²) in [6.45, 7) is 0. The van der Waals surface area contributed by atoms with Gasteiger partial charge in [0, 0.05) is 16.8 Å². The number of hydrogen-bond donors (Lipinski definition) is 1. The molecule has 0 aliphatic heterocycles. The highest BCUT2D eigenvalue weighted by molar-refractivity contribution is 7.89.